The van der Waals surface area contributed by atoms with Crippen molar-refractivity contribution < 1.29 is 14.0 Å². The molecule has 1 aliphatic heterocycles. The zero-order chi connectivity index (χ0) is 14.4. The van der Waals surface area contributed by atoms with Gasteiger partial charge >= 0.3 is 5.91 Å². The number of likely N-dealkylation sites (tertiary alicyclic amines) is 1. The maximum absolute atomic E-state index is 11.6. The average Bonchev–Trinajstić information content (AvgIpc) is 3.14. The highest BCUT2D eigenvalue weighted by atomic mass is 32.2. The fourth-order valence-corrected chi connectivity index (χ4v) is 2.80. The van der Waals surface area contributed by atoms with Crippen LogP contribution in [-0.2, 0) is 4.79 Å². The zero-order valence-electron chi connectivity index (χ0n) is 10.8. The summed E-state index contributed by atoms with van der Waals surface area (Å²) in [5.41, 5.74) is 4.59. The number of rotatable bonds is 3. The Morgan fingerprint density at radius 2 is 2.10 bits per heavy atom. The van der Waals surface area contributed by atoms with Crippen molar-refractivity contribution in [2.24, 2.45) is 0 Å². The van der Waals surface area contributed by atoms with Crippen LogP contribution >= 0.6 is 24.0 Å². The number of thioether (sulfide) groups is 1. The van der Waals surface area contributed by atoms with Gasteiger partial charge in [0.1, 0.15) is 4.32 Å². The number of hydrogen-bond donors (Lipinski definition) is 2. The van der Waals surface area contributed by atoms with Gasteiger partial charge in [-0.1, -0.05) is 24.0 Å². The average molecular weight is 313 g/mol. The van der Waals surface area contributed by atoms with Crippen LogP contribution in [0.3, 0.4) is 0 Å². The number of carbonyl (C=O) groups is 2. The van der Waals surface area contributed by atoms with Gasteiger partial charge in [0.2, 0.25) is 5.91 Å². The fourth-order valence-electron chi connectivity index (χ4n) is 1.75. The molecule has 2 amide bonds. The van der Waals surface area contributed by atoms with Gasteiger partial charge in [0.25, 0.3) is 0 Å². The SMILES string of the molecule is O=C(CSC(=S)N1CCCC1)NNC(=O)c1ccco1. The van der Waals surface area contributed by atoms with Gasteiger partial charge in [-0.05, 0) is 25.0 Å². The highest BCUT2D eigenvalue weighted by Crippen LogP contribution is 2.15. The molecule has 20 heavy (non-hydrogen) atoms. The minimum Gasteiger partial charge on any atom is -0.459 e. The van der Waals surface area contributed by atoms with Gasteiger partial charge in [0.15, 0.2) is 5.76 Å². The minimum atomic E-state index is -0.490. The van der Waals surface area contributed by atoms with E-state index in [1.165, 1.54) is 24.1 Å². The van der Waals surface area contributed by atoms with Crippen molar-refractivity contribution in [1.29, 1.82) is 0 Å². The summed E-state index contributed by atoms with van der Waals surface area (Å²) in [7, 11) is 0. The van der Waals surface area contributed by atoms with Crippen LogP contribution in [0.4, 0.5) is 0 Å². The first-order valence-electron chi connectivity index (χ1n) is 6.21. The van der Waals surface area contributed by atoms with E-state index in [0.29, 0.717) is 0 Å². The van der Waals surface area contributed by atoms with E-state index in [0.717, 1.165) is 30.3 Å². The first-order valence-corrected chi connectivity index (χ1v) is 7.60. The molecule has 0 spiro atoms. The Bertz CT molecular complexity index is 484. The second kappa shape index (κ2) is 7.30. The molecule has 108 valence electrons. The summed E-state index contributed by atoms with van der Waals surface area (Å²) in [6.07, 6.45) is 3.68. The number of nitrogens with zero attached hydrogens (tertiary/aromatic N) is 1. The van der Waals surface area contributed by atoms with E-state index in [-0.39, 0.29) is 17.4 Å². The molecule has 0 bridgehead atoms. The molecule has 8 heteroatoms. The van der Waals surface area contributed by atoms with Gasteiger partial charge < -0.3 is 9.32 Å². The van der Waals surface area contributed by atoms with E-state index in [1.807, 2.05) is 0 Å². The molecule has 0 saturated carbocycles. The third-order valence-electron chi connectivity index (χ3n) is 2.75. The molecule has 1 saturated heterocycles. The highest BCUT2D eigenvalue weighted by molar-refractivity contribution is 8.23. The van der Waals surface area contributed by atoms with Gasteiger partial charge in [-0.3, -0.25) is 20.4 Å². The summed E-state index contributed by atoms with van der Waals surface area (Å²) in [6, 6.07) is 3.11. The van der Waals surface area contributed by atoms with Crippen LogP contribution in [0.15, 0.2) is 22.8 Å². The lowest BCUT2D eigenvalue weighted by Crippen LogP contribution is -2.42. The van der Waals surface area contributed by atoms with Crippen molar-refractivity contribution in [3.8, 4) is 0 Å². The third kappa shape index (κ3) is 4.24. The summed E-state index contributed by atoms with van der Waals surface area (Å²) >= 11 is 6.54. The molecule has 1 aromatic heterocycles. The van der Waals surface area contributed by atoms with Crippen LogP contribution in [0.5, 0.6) is 0 Å². The van der Waals surface area contributed by atoms with Crippen molar-refractivity contribution in [3.63, 3.8) is 0 Å². The Balaban J connectivity index is 1.65. The summed E-state index contributed by atoms with van der Waals surface area (Å²) < 4.78 is 5.63. The Morgan fingerprint density at radius 1 is 1.35 bits per heavy atom. The molecule has 2 rings (SSSR count). The van der Waals surface area contributed by atoms with E-state index in [9.17, 15) is 9.59 Å². The largest absolute Gasteiger partial charge is 0.459 e. The van der Waals surface area contributed by atoms with Crippen LogP contribution in [0, 0.1) is 0 Å². The van der Waals surface area contributed by atoms with Gasteiger partial charge in [0, 0.05) is 13.1 Å². The molecule has 1 aromatic rings. The lowest BCUT2D eigenvalue weighted by atomic mass is 10.4. The maximum Gasteiger partial charge on any atom is 0.305 e. The summed E-state index contributed by atoms with van der Waals surface area (Å²) in [6.45, 7) is 1.92. The Morgan fingerprint density at radius 3 is 2.75 bits per heavy atom. The molecule has 6 nitrogen and oxygen atoms in total. The third-order valence-corrected chi connectivity index (χ3v) is 4.27. The van der Waals surface area contributed by atoms with Crippen LogP contribution in [0.1, 0.15) is 23.4 Å². The van der Waals surface area contributed by atoms with E-state index >= 15 is 0 Å². The standard InChI is InChI=1S/C12H15N3O3S2/c16-10(8-20-12(19)15-5-1-2-6-15)13-14-11(17)9-4-3-7-18-9/h3-4,7H,1-2,5-6,8H2,(H,13,16)(H,14,17). The molecule has 2 heterocycles. The van der Waals surface area contributed by atoms with Crippen LogP contribution in [0.2, 0.25) is 0 Å². The van der Waals surface area contributed by atoms with E-state index in [4.69, 9.17) is 16.6 Å². The smallest absolute Gasteiger partial charge is 0.305 e. The van der Waals surface area contributed by atoms with Crippen molar-refractivity contribution in [3.05, 3.63) is 24.2 Å². The summed E-state index contributed by atoms with van der Waals surface area (Å²) in [5.74, 6) is -0.481. The highest BCUT2D eigenvalue weighted by Gasteiger charge is 2.16. The lowest BCUT2D eigenvalue weighted by Gasteiger charge is -2.17. The fraction of sp³-hybridized carbons (Fsp3) is 0.417. The predicted molar refractivity (Wildman–Crippen MR) is 80.2 cm³/mol. The van der Waals surface area contributed by atoms with Crippen molar-refractivity contribution in [1.82, 2.24) is 15.8 Å². The molecule has 0 atom stereocenters. The van der Waals surface area contributed by atoms with Gasteiger partial charge in [0.05, 0.1) is 12.0 Å². The van der Waals surface area contributed by atoms with Crippen LogP contribution in [0.25, 0.3) is 0 Å². The molecule has 0 radical (unpaired) electrons. The van der Waals surface area contributed by atoms with Gasteiger partial charge in [-0.15, -0.1) is 0 Å². The Hall–Kier alpha value is -1.54. The van der Waals surface area contributed by atoms with Gasteiger partial charge in [-0.25, -0.2) is 0 Å². The Labute approximate surface area is 126 Å². The van der Waals surface area contributed by atoms with E-state index in [2.05, 4.69) is 15.8 Å². The summed E-state index contributed by atoms with van der Waals surface area (Å²) in [4.78, 5) is 25.2. The minimum absolute atomic E-state index is 0.144. The maximum atomic E-state index is 11.6. The second-order valence-corrected chi connectivity index (χ2v) is 5.84. The van der Waals surface area contributed by atoms with Crippen molar-refractivity contribution in [2.45, 2.75) is 12.8 Å². The molecule has 0 aromatic carbocycles. The van der Waals surface area contributed by atoms with E-state index < -0.39 is 5.91 Å². The van der Waals surface area contributed by atoms with E-state index in [1.54, 1.807) is 6.07 Å². The first kappa shape index (κ1) is 14.9. The van der Waals surface area contributed by atoms with Gasteiger partial charge in [-0.2, -0.15) is 0 Å². The number of thiocarbonyl (C=S) groups is 1. The number of amides is 2. The quantitative estimate of drug-likeness (QED) is 0.644. The second-order valence-electron chi connectivity index (χ2n) is 4.23. The molecule has 1 aliphatic rings. The topological polar surface area (TPSA) is 74.6 Å². The molecule has 2 N–H and O–H groups in total. The normalized spacial score (nSPS) is 14.1. The van der Waals surface area contributed by atoms with Crippen LogP contribution in [-0.4, -0.2) is 39.9 Å². The molecule has 0 unspecified atom stereocenters. The first-order chi connectivity index (χ1) is 9.66. The number of hydrogen-bond acceptors (Lipinski definition) is 5. The van der Waals surface area contributed by atoms with Crippen molar-refractivity contribution >= 4 is 40.1 Å². The molecular weight excluding hydrogens is 298 g/mol. The molecule has 0 aliphatic carbocycles. The lowest BCUT2D eigenvalue weighted by molar-refractivity contribution is -0.119. The van der Waals surface area contributed by atoms with Crippen LogP contribution < -0.4 is 10.9 Å². The monoisotopic (exact) mass is 313 g/mol. The summed E-state index contributed by atoms with van der Waals surface area (Å²) in [5, 5.41) is 0. The number of nitrogens with one attached hydrogen (secondary N) is 2. The number of furan rings is 1. The van der Waals surface area contributed by atoms with Crippen molar-refractivity contribution in [2.75, 3.05) is 18.8 Å². The zero-order valence-corrected chi connectivity index (χ0v) is 12.4. The Kier molecular flexibility index (Phi) is 5.42. The molecule has 1 fully saturated rings. The molecular formula is C12H15N3O3S2. The predicted octanol–water partition coefficient (Wildman–Crippen LogP) is 1.15. The number of hydrazine groups is 1. The number of carbonyl (C=O) groups excluding carboxylic acids is 2.